The number of hydrogen-bond donors (Lipinski definition) is 1. The van der Waals surface area contributed by atoms with Crippen LogP contribution in [0, 0.1) is 11.3 Å². The molecule has 37 heavy (non-hydrogen) atoms. The lowest BCUT2D eigenvalue weighted by molar-refractivity contribution is -0.113. The highest BCUT2D eigenvalue weighted by Crippen LogP contribution is 2.50. The molecule has 0 bridgehead atoms. The van der Waals surface area contributed by atoms with Crippen molar-refractivity contribution in [3.8, 4) is 11.8 Å². The van der Waals surface area contributed by atoms with E-state index in [1.165, 1.54) is 0 Å². The van der Waals surface area contributed by atoms with Crippen molar-refractivity contribution < 1.29 is 9.53 Å². The predicted molar refractivity (Wildman–Crippen MR) is 156 cm³/mol. The van der Waals surface area contributed by atoms with Crippen molar-refractivity contribution in [1.82, 2.24) is 5.32 Å². The average molecular weight is 519 g/mol. The lowest BCUT2D eigenvalue weighted by Crippen LogP contribution is -2.45. The molecule has 0 unspecified atom stereocenters. The molecule has 0 aromatic heterocycles. The molecule has 0 atom stereocenters. The van der Waals surface area contributed by atoms with E-state index >= 15 is 0 Å². The number of methoxy groups -OCH3 is 1. The molecule has 1 heterocycles. The van der Waals surface area contributed by atoms with Crippen molar-refractivity contribution in [2.24, 2.45) is 0 Å². The number of carbonyl (C=O) groups is 1. The number of hydrogen-bond acceptors (Lipinski definition) is 4. The van der Waals surface area contributed by atoms with Crippen LogP contribution in [0.4, 0.5) is 0 Å². The van der Waals surface area contributed by atoms with E-state index in [0.717, 1.165) is 21.5 Å². The second kappa shape index (κ2) is 10.4. The Hall–Kier alpha value is -4.23. The van der Waals surface area contributed by atoms with Gasteiger partial charge in [-0.25, -0.2) is 0 Å². The van der Waals surface area contributed by atoms with Gasteiger partial charge in [-0.2, -0.15) is 5.26 Å². The molecule has 5 rings (SSSR count). The van der Waals surface area contributed by atoms with Gasteiger partial charge in [-0.3, -0.25) is 4.79 Å². The third kappa shape index (κ3) is 4.21. The Balaban J connectivity index is 2.07. The van der Waals surface area contributed by atoms with Gasteiger partial charge < -0.3 is 10.1 Å². The van der Waals surface area contributed by atoms with E-state index in [4.69, 9.17) is 17.0 Å². The van der Waals surface area contributed by atoms with Gasteiger partial charge in [0.1, 0.15) is 16.8 Å². The molecule has 1 amide bonds. The topological polar surface area (TPSA) is 62.1 Å². The Morgan fingerprint density at radius 2 is 1.22 bits per heavy atom. The van der Waals surface area contributed by atoms with Crippen molar-refractivity contribution in [3.05, 3.63) is 126 Å². The maximum absolute atomic E-state index is 14.2. The number of ether oxygens (including phenoxy) is 1. The number of carbonyl (C=O) groups excluding carboxylic acids is 1. The average Bonchev–Trinajstić information content (AvgIpc) is 2.96. The minimum Gasteiger partial charge on any atom is -0.497 e. The van der Waals surface area contributed by atoms with Crippen LogP contribution in [-0.2, 0) is 4.79 Å². The zero-order valence-electron chi connectivity index (χ0n) is 20.1. The zero-order chi connectivity index (χ0) is 25.8. The third-order valence-electron chi connectivity index (χ3n) is 6.41. The van der Waals surface area contributed by atoms with Crippen LogP contribution in [0.25, 0.3) is 5.57 Å². The first-order valence-electron chi connectivity index (χ1n) is 11.7. The van der Waals surface area contributed by atoms with Gasteiger partial charge in [0.15, 0.2) is 0 Å². The molecule has 1 aliphatic heterocycles. The second-order valence-electron chi connectivity index (χ2n) is 8.40. The van der Waals surface area contributed by atoms with Gasteiger partial charge in [0.25, 0.3) is 5.91 Å². The van der Waals surface area contributed by atoms with Gasteiger partial charge in [-0.05, 0) is 40.5 Å². The van der Waals surface area contributed by atoms with Crippen LogP contribution < -0.4 is 26.0 Å². The molecule has 0 saturated carbocycles. The fourth-order valence-corrected chi connectivity index (χ4v) is 9.53. The lowest BCUT2D eigenvalue weighted by atomic mass is 9.94. The van der Waals surface area contributed by atoms with Gasteiger partial charge in [0.2, 0.25) is 0 Å². The summed E-state index contributed by atoms with van der Waals surface area (Å²) in [7, 11) is 1.60. The number of thiocarbonyl (C=S) groups is 1. The van der Waals surface area contributed by atoms with Gasteiger partial charge in [-0.1, -0.05) is 115 Å². The zero-order valence-corrected chi connectivity index (χ0v) is 21.8. The number of nitrogens with one attached hydrogen (secondary N) is 1. The Morgan fingerprint density at radius 3 is 1.62 bits per heavy atom. The molecule has 0 fully saturated rings. The quantitative estimate of drug-likeness (QED) is 0.310. The van der Waals surface area contributed by atoms with Crippen LogP contribution in [0.5, 0.6) is 5.75 Å². The molecule has 180 valence electrons. The maximum atomic E-state index is 14.2. The van der Waals surface area contributed by atoms with Crippen LogP contribution in [0.3, 0.4) is 0 Å². The molecule has 6 heteroatoms. The summed E-state index contributed by atoms with van der Waals surface area (Å²) in [4.78, 5) is 14.3. The lowest BCUT2D eigenvalue weighted by Gasteiger charge is -2.35. The van der Waals surface area contributed by atoms with Gasteiger partial charge in [-0.15, -0.1) is 0 Å². The van der Waals surface area contributed by atoms with Gasteiger partial charge in [0.05, 0.1) is 18.0 Å². The van der Waals surface area contributed by atoms with Gasteiger partial charge >= 0.3 is 0 Å². The highest BCUT2D eigenvalue weighted by molar-refractivity contribution is 7.97. The molecule has 4 aromatic rings. The van der Waals surface area contributed by atoms with E-state index in [-0.39, 0.29) is 16.5 Å². The summed E-state index contributed by atoms with van der Waals surface area (Å²) in [5, 5.41) is 16.7. The number of nitriles is 1. The number of benzene rings is 4. The van der Waals surface area contributed by atoms with Crippen molar-refractivity contribution in [3.63, 3.8) is 0 Å². The van der Waals surface area contributed by atoms with Crippen molar-refractivity contribution in [1.29, 1.82) is 5.26 Å². The second-order valence-corrected chi connectivity index (χ2v) is 12.1. The smallest absolute Gasteiger partial charge is 0.258 e. The normalized spacial score (nSPS) is 13.7. The van der Waals surface area contributed by atoms with Crippen LogP contribution >= 0.6 is 19.1 Å². The van der Waals surface area contributed by atoms with Crippen molar-refractivity contribution >= 4 is 56.8 Å². The number of nitrogens with zero attached hydrogens (tertiary/aromatic N) is 1. The van der Waals surface area contributed by atoms with Gasteiger partial charge in [0, 0.05) is 5.57 Å². The van der Waals surface area contributed by atoms with E-state index in [9.17, 15) is 10.1 Å². The fourth-order valence-electron chi connectivity index (χ4n) is 4.83. The largest absolute Gasteiger partial charge is 0.497 e. The molecular formula is C31H23N2O2PS. The van der Waals surface area contributed by atoms with Crippen molar-refractivity contribution in [2.75, 3.05) is 7.11 Å². The van der Waals surface area contributed by atoms with Crippen LogP contribution in [0.15, 0.2) is 121 Å². The molecule has 0 saturated heterocycles. The number of amides is 1. The van der Waals surface area contributed by atoms with Crippen LogP contribution in [-0.4, -0.2) is 23.3 Å². The Labute approximate surface area is 221 Å². The number of rotatable bonds is 5. The molecular weight excluding hydrogens is 495 g/mol. The van der Waals surface area contributed by atoms with E-state index < -0.39 is 6.89 Å². The van der Waals surface area contributed by atoms with Crippen LogP contribution in [0.2, 0.25) is 0 Å². The summed E-state index contributed by atoms with van der Waals surface area (Å²) in [6, 6.07) is 40.0. The maximum Gasteiger partial charge on any atom is 0.258 e. The summed E-state index contributed by atoms with van der Waals surface area (Å²) in [5.74, 6) is 0.391. The summed E-state index contributed by atoms with van der Waals surface area (Å²) >= 11 is 5.52. The molecule has 0 aliphatic carbocycles. The molecule has 1 N–H and O–H groups in total. The highest BCUT2D eigenvalue weighted by Gasteiger charge is 2.39. The fraction of sp³-hybridized carbons (Fsp3) is 0.0323. The summed E-state index contributed by atoms with van der Waals surface area (Å²) in [6.45, 7) is -2.80. The monoisotopic (exact) mass is 518 g/mol. The summed E-state index contributed by atoms with van der Waals surface area (Å²) in [6.07, 6.45) is 0. The molecule has 4 aromatic carbocycles. The first-order chi connectivity index (χ1) is 18.1. The predicted octanol–water partition coefficient (Wildman–Crippen LogP) is 4.60. The Kier molecular flexibility index (Phi) is 6.88. The van der Waals surface area contributed by atoms with E-state index in [1.807, 2.05) is 78.9 Å². The summed E-state index contributed by atoms with van der Waals surface area (Å²) in [5.41, 5.74) is 1.57. The molecule has 4 nitrogen and oxygen atoms in total. The summed E-state index contributed by atoms with van der Waals surface area (Å²) < 4.78 is 5.37. The van der Waals surface area contributed by atoms with Crippen molar-refractivity contribution in [2.45, 2.75) is 0 Å². The standard InChI is InChI=1S/C31H23N2O2PS/c1-35-23-19-17-22(18-20-23)28-27(21-32)31(37)33-30(34)29(28)36(24-11-5-2-6-12-24,25-13-7-3-8-14-25)26-15-9-4-10-16-26/h2-20H,1H3,(H,33,34,37). The van der Waals surface area contributed by atoms with E-state index in [2.05, 4.69) is 47.8 Å². The highest BCUT2D eigenvalue weighted by atomic mass is 32.1. The molecule has 0 radical (unpaired) electrons. The minimum atomic E-state index is -2.80. The van der Waals surface area contributed by atoms with E-state index in [0.29, 0.717) is 16.6 Å². The molecule has 0 spiro atoms. The Bertz CT molecular complexity index is 1500. The first kappa shape index (κ1) is 24.5. The van der Waals surface area contributed by atoms with E-state index in [1.54, 1.807) is 7.11 Å². The SMILES string of the molecule is COc1ccc(C2=C(C#N)C(=S)NC(=O)C2=P(c2ccccc2)(c2ccccc2)c2ccccc2)cc1. The molecule has 1 aliphatic rings. The van der Waals surface area contributed by atoms with Crippen LogP contribution in [0.1, 0.15) is 5.56 Å². The third-order valence-corrected chi connectivity index (χ3v) is 11.0. The Morgan fingerprint density at radius 1 is 0.757 bits per heavy atom. The first-order valence-corrected chi connectivity index (χ1v) is 13.9. The minimum absolute atomic E-state index is 0.134.